The van der Waals surface area contributed by atoms with Gasteiger partial charge in [-0.3, -0.25) is 0 Å². The molecule has 2 aromatic carbocycles. The lowest BCUT2D eigenvalue weighted by Crippen LogP contribution is -3.00. The topological polar surface area (TPSA) is 55.5 Å². The molecule has 0 bridgehead atoms. The molecule has 202 valence electrons. The summed E-state index contributed by atoms with van der Waals surface area (Å²) in [4.78, 5) is 4.66. The van der Waals surface area contributed by atoms with E-state index >= 15 is 0 Å². The van der Waals surface area contributed by atoms with Crippen molar-refractivity contribution in [3.8, 4) is 0 Å². The van der Waals surface area contributed by atoms with Gasteiger partial charge in [0.2, 0.25) is 5.89 Å². The minimum atomic E-state index is -1.20. The summed E-state index contributed by atoms with van der Waals surface area (Å²) in [6, 6.07) is 20.4. The van der Waals surface area contributed by atoms with Gasteiger partial charge in [0.05, 0.1) is 33.5 Å². The summed E-state index contributed by atoms with van der Waals surface area (Å²) in [7, 11) is 4.36. The van der Waals surface area contributed by atoms with Crippen LogP contribution in [0.25, 0.3) is 0 Å². The maximum Gasteiger partial charge on any atom is 0.231 e. The number of hydrogen-bond donors (Lipinski definition) is 1. The van der Waals surface area contributed by atoms with Crippen molar-refractivity contribution in [2.45, 2.75) is 63.5 Å². The van der Waals surface area contributed by atoms with E-state index in [1.54, 1.807) is 0 Å². The Morgan fingerprint density at radius 2 is 1.54 bits per heavy atom. The number of hydrogen-bond acceptors (Lipinski definition) is 4. The lowest BCUT2D eigenvalue weighted by Gasteiger charge is -2.35. The Morgan fingerprint density at radius 3 is 2.22 bits per heavy atom. The molecule has 3 aromatic rings. The van der Waals surface area contributed by atoms with E-state index in [0.29, 0.717) is 19.0 Å². The summed E-state index contributed by atoms with van der Waals surface area (Å²) in [6.45, 7) is 2.99. The highest BCUT2D eigenvalue weighted by molar-refractivity contribution is 5.30. The molecule has 1 saturated carbocycles. The molecule has 1 atom stereocenters. The van der Waals surface area contributed by atoms with Gasteiger partial charge in [-0.25, -0.2) is 4.98 Å². The highest BCUT2D eigenvalue weighted by Crippen LogP contribution is 2.42. The molecule has 1 aliphatic rings. The molecule has 1 aliphatic carbocycles. The number of halogens is 1. The first-order valence-corrected chi connectivity index (χ1v) is 13.6. The predicted molar refractivity (Wildman–Crippen MR) is 143 cm³/mol. The lowest BCUT2D eigenvalue weighted by atomic mass is 9.74. The van der Waals surface area contributed by atoms with E-state index in [0.717, 1.165) is 61.1 Å². The first kappa shape index (κ1) is 29.4. The number of likely N-dealkylation sites (N-methyl/N-ethyl adjacent to an activating group) is 1. The molecule has 1 unspecified atom stereocenters. The molecular formula is C31H43ClN2O3. The van der Waals surface area contributed by atoms with Crippen LogP contribution in [0.5, 0.6) is 0 Å². The van der Waals surface area contributed by atoms with Gasteiger partial charge >= 0.3 is 0 Å². The number of aliphatic hydroxyl groups is 1. The molecule has 0 saturated heterocycles. The number of aromatic nitrogens is 1. The second-order valence-electron chi connectivity index (χ2n) is 11.0. The third-order valence-corrected chi connectivity index (χ3v) is 7.59. The highest BCUT2D eigenvalue weighted by atomic mass is 35.5. The van der Waals surface area contributed by atoms with Crippen LogP contribution in [0.15, 0.2) is 71.3 Å². The molecule has 1 aromatic heterocycles. The van der Waals surface area contributed by atoms with E-state index in [4.69, 9.17) is 9.15 Å². The maximum absolute atomic E-state index is 12.2. The third-order valence-electron chi connectivity index (χ3n) is 7.59. The molecule has 37 heavy (non-hydrogen) atoms. The fraction of sp³-hybridized carbons (Fsp3) is 0.516. The van der Waals surface area contributed by atoms with Crippen molar-refractivity contribution < 1.29 is 31.2 Å². The van der Waals surface area contributed by atoms with Gasteiger partial charge in [0.15, 0.2) is 11.4 Å². The van der Waals surface area contributed by atoms with Crippen LogP contribution >= 0.6 is 0 Å². The minimum absolute atomic E-state index is 0. The molecule has 1 heterocycles. The third kappa shape index (κ3) is 8.15. The average Bonchev–Trinajstić information content (AvgIpc) is 3.32. The van der Waals surface area contributed by atoms with Gasteiger partial charge in [0.1, 0.15) is 13.1 Å². The van der Waals surface area contributed by atoms with Crippen molar-refractivity contribution >= 4 is 0 Å². The van der Waals surface area contributed by atoms with Crippen LogP contribution in [0.2, 0.25) is 0 Å². The van der Waals surface area contributed by atoms with Crippen LogP contribution in [0.4, 0.5) is 0 Å². The average molecular weight is 527 g/mol. The standard InChI is InChI=1S/C31H43N2O3.ClH/c1-33(2,21-23-35-22-20-26-14-8-6-9-15-26)25-29-24-32-30(36-29)31(34,28-18-12-7-13-19-28)27-16-10-4-3-5-11-17-27;/h6-9,12-15,18-19,24,27,34H,3-5,10-11,16-17,20-23,25H2,1-2H3;1H/q+1;/p-1. The lowest BCUT2D eigenvalue weighted by molar-refractivity contribution is -0.904. The number of nitrogens with zero attached hydrogens (tertiary/aromatic N) is 2. The van der Waals surface area contributed by atoms with Gasteiger partial charge in [0, 0.05) is 5.92 Å². The minimum Gasteiger partial charge on any atom is -1.00 e. The van der Waals surface area contributed by atoms with Crippen molar-refractivity contribution in [1.82, 2.24) is 4.98 Å². The van der Waals surface area contributed by atoms with E-state index < -0.39 is 5.60 Å². The van der Waals surface area contributed by atoms with E-state index in [9.17, 15) is 5.11 Å². The van der Waals surface area contributed by atoms with Gasteiger partial charge in [-0.15, -0.1) is 0 Å². The van der Waals surface area contributed by atoms with Crippen LogP contribution < -0.4 is 12.4 Å². The molecule has 0 radical (unpaired) electrons. The van der Waals surface area contributed by atoms with Crippen molar-refractivity contribution in [3.63, 3.8) is 0 Å². The zero-order valence-electron chi connectivity index (χ0n) is 22.4. The van der Waals surface area contributed by atoms with Crippen molar-refractivity contribution in [1.29, 1.82) is 0 Å². The Balaban J connectivity index is 0.00000380. The quantitative estimate of drug-likeness (QED) is 0.308. The van der Waals surface area contributed by atoms with Gasteiger partial charge < -0.3 is 31.2 Å². The normalized spacial score (nSPS) is 16.8. The number of quaternary nitrogens is 1. The van der Waals surface area contributed by atoms with Crippen molar-refractivity contribution in [3.05, 3.63) is 89.6 Å². The first-order chi connectivity index (χ1) is 17.5. The molecule has 1 fully saturated rings. The summed E-state index contributed by atoms with van der Waals surface area (Å²) in [6.07, 6.45) is 10.8. The largest absolute Gasteiger partial charge is 1.00 e. The maximum atomic E-state index is 12.2. The molecule has 0 amide bonds. The summed E-state index contributed by atoms with van der Waals surface area (Å²) < 4.78 is 13.0. The fourth-order valence-corrected chi connectivity index (χ4v) is 5.41. The van der Waals surface area contributed by atoms with Crippen molar-refractivity contribution in [2.24, 2.45) is 5.92 Å². The molecule has 0 aliphatic heterocycles. The molecule has 0 spiro atoms. The Kier molecular flexibility index (Phi) is 11.2. The van der Waals surface area contributed by atoms with Crippen LogP contribution in [-0.2, 0) is 23.3 Å². The highest BCUT2D eigenvalue weighted by Gasteiger charge is 2.44. The summed E-state index contributed by atoms with van der Waals surface area (Å²) >= 11 is 0. The number of ether oxygens (including phenoxy) is 1. The van der Waals surface area contributed by atoms with E-state index in [1.165, 1.54) is 24.8 Å². The zero-order valence-corrected chi connectivity index (χ0v) is 23.2. The molecule has 6 heteroatoms. The second kappa shape index (κ2) is 14.1. The van der Waals surface area contributed by atoms with Crippen molar-refractivity contribution in [2.75, 3.05) is 33.9 Å². The Bertz CT molecular complexity index is 1030. The molecule has 4 rings (SSSR count). The molecular weight excluding hydrogens is 484 g/mol. The monoisotopic (exact) mass is 526 g/mol. The Morgan fingerprint density at radius 1 is 0.919 bits per heavy atom. The fourth-order valence-electron chi connectivity index (χ4n) is 5.41. The SMILES string of the molecule is C[N+](C)(CCOCCc1ccccc1)Cc1cnc(C(O)(c2ccccc2)C2CCCCCCC2)o1.[Cl-]. The Labute approximate surface area is 228 Å². The number of benzene rings is 2. The van der Waals surface area contributed by atoms with E-state index in [2.05, 4.69) is 43.3 Å². The summed E-state index contributed by atoms with van der Waals surface area (Å²) in [5, 5.41) is 12.2. The second-order valence-corrected chi connectivity index (χ2v) is 11.0. The van der Waals surface area contributed by atoms with E-state index in [-0.39, 0.29) is 18.3 Å². The Hall–Kier alpha value is -2.18. The van der Waals surface area contributed by atoms with Gasteiger partial charge in [0.25, 0.3) is 0 Å². The van der Waals surface area contributed by atoms with Crippen LogP contribution in [0, 0.1) is 5.92 Å². The molecule has 1 N–H and O–H groups in total. The predicted octanol–water partition coefficient (Wildman–Crippen LogP) is 3.11. The summed E-state index contributed by atoms with van der Waals surface area (Å²) in [5.41, 5.74) is 0.981. The zero-order chi connectivity index (χ0) is 25.3. The smallest absolute Gasteiger partial charge is 0.231 e. The van der Waals surface area contributed by atoms with E-state index in [1.807, 2.05) is 42.6 Å². The van der Waals surface area contributed by atoms with Crippen LogP contribution in [0.1, 0.15) is 67.7 Å². The number of rotatable bonds is 11. The molecule has 5 nitrogen and oxygen atoms in total. The van der Waals surface area contributed by atoms with Gasteiger partial charge in [-0.1, -0.05) is 92.8 Å². The van der Waals surface area contributed by atoms with Crippen LogP contribution in [-0.4, -0.2) is 48.4 Å². The van der Waals surface area contributed by atoms with Gasteiger partial charge in [-0.05, 0) is 30.4 Å². The first-order valence-electron chi connectivity index (χ1n) is 13.6. The summed E-state index contributed by atoms with van der Waals surface area (Å²) in [5.74, 6) is 1.35. The number of oxazole rings is 1. The van der Waals surface area contributed by atoms with Gasteiger partial charge in [-0.2, -0.15) is 0 Å². The van der Waals surface area contributed by atoms with Crippen LogP contribution in [0.3, 0.4) is 0 Å².